The van der Waals surface area contributed by atoms with Crippen molar-refractivity contribution in [3.63, 3.8) is 0 Å². The molecule has 12 nitrogen and oxygen atoms in total. The molecule has 5 N–H and O–H groups in total. The van der Waals surface area contributed by atoms with Crippen molar-refractivity contribution in [1.29, 1.82) is 0 Å². The van der Waals surface area contributed by atoms with Crippen LogP contribution in [-0.2, 0) is 37.5 Å². The van der Waals surface area contributed by atoms with Gasteiger partial charge in [0.15, 0.2) is 6.10 Å². The second-order valence-electron chi connectivity index (χ2n) is 12.9. The maximum atomic E-state index is 12.5. The molecule has 0 bridgehead atoms. The molecular weight excluding hydrogens is 701 g/mol. The average molecular weight is 770 g/mol. The normalized spacial score (nSPS) is 15.1. The van der Waals surface area contributed by atoms with E-state index >= 15 is 0 Å². The monoisotopic (exact) mass is 769 g/mol. The first-order chi connectivity index (χ1) is 25.5. The predicted molar refractivity (Wildman–Crippen MR) is 209 cm³/mol. The summed E-state index contributed by atoms with van der Waals surface area (Å²) in [4.78, 5) is 45.7. The second-order valence-corrected chi connectivity index (χ2v) is 14.4. The number of carbonyl (C=O) groups excluding carboxylic acids is 2. The van der Waals surface area contributed by atoms with Crippen LogP contribution in [0, 0.1) is 0 Å². The number of carboxylic acids is 1. The van der Waals surface area contributed by atoms with Crippen molar-refractivity contribution in [3.8, 4) is 0 Å². The molecule has 0 spiro atoms. The van der Waals surface area contributed by atoms with Gasteiger partial charge >= 0.3 is 25.7 Å². The van der Waals surface area contributed by atoms with Crippen LogP contribution in [0.4, 0.5) is 0 Å². The SMILES string of the molecule is CCCC/C=C\CCCCCCCC(=O)O[C@H](COC(=O)CCC/C=C\C/C=C\C=C\[C@H](O)C/C=C\CCCCC)COP(=O)(O)OC[C@H](N)C(=O)O. The number of carboxylic acid groups (broad SMARTS) is 1. The van der Waals surface area contributed by atoms with E-state index in [1.54, 1.807) is 6.08 Å². The number of phosphoric ester groups is 1. The molecule has 4 atom stereocenters. The minimum Gasteiger partial charge on any atom is -0.480 e. The van der Waals surface area contributed by atoms with E-state index in [0.29, 0.717) is 32.1 Å². The van der Waals surface area contributed by atoms with E-state index in [-0.39, 0.29) is 12.8 Å². The highest BCUT2D eigenvalue weighted by Gasteiger charge is 2.28. The summed E-state index contributed by atoms with van der Waals surface area (Å²) in [6, 6.07) is -1.54. The Labute approximate surface area is 318 Å². The van der Waals surface area contributed by atoms with Gasteiger partial charge in [-0.15, -0.1) is 0 Å². The van der Waals surface area contributed by atoms with Crippen LogP contribution in [0.1, 0.15) is 136 Å². The number of allylic oxidation sites excluding steroid dienone is 8. The summed E-state index contributed by atoms with van der Waals surface area (Å²) in [6.45, 7) is 2.55. The molecule has 13 heteroatoms. The number of hydrogen-bond donors (Lipinski definition) is 4. The number of rotatable bonds is 35. The molecule has 0 aromatic carbocycles. The van der Waals surface area contributed by atoms with E-state index < -0.39 is 63.8 Å². The summed E-state index contributed by atoms with van der Waals surface area (Å²) >= 11 is 0. The second kappa shape index (κ2) is 34.9. The van der Waals surface area contributed by atoms with Gasteiger partial charge in [-0.3, -0.25) is 23.4 Å². The van der Waals surface area contributed by atoms with E-state index in [9.17, 15) is 28.9 Å². The van der Waals surface area contributed by atoms with Crippen LogP contribution in [-0.4, -0.2) is 71.1 Å². The van der Waals surface area contributed by atoms with Crippen molar-refractivity contribution in [1.82, 2.24) is 0 Å². The van der Waals surface area contributed by atoms with Gasteiger partial charge in [0.2, 0.25) is 0 Å². The number of phosphoric acid groups is 1. The summed E-state index contributed by atoms with van der Waals surface area (Å²) in [5.74, 6) is -2.52. The van der Waals surface area contributed by atoms with Crippen LogP contribution in [0.3, 0.4) is 0 Å². The van der Waals surface area contributed by atoms with Crippen LogP contribution in [0.2, 0.25) is 0 Å². The number of hydrogen-bond acceptors (Lipinski definition) is 10. The lowest BCUT2D eigenvalue weighted by Crippen LogP contribution is -2.34. The van der Waals surface area contributed by atoms with E-state index in [2.05, 4.69) is 36.6 Å². The van der Waals surface area contributed by atoms with Gasteiger partial charge in [-0.25, -0.2) is 4.57 Å². The van der Waals surface area contributed by atoms with Crippen molar-refractivity contribution in [3.05, 3.63) is 60.8 Å². The van der Waals surface area contributed by atoms with Crippen LogP contribution < -0.4 is 5.73 Å². The van der Waals surface area contributed by atoms with Crippen LogP contribution >= 0.6 is 7.82 Å². The Morgan fingerprint density at radius 3 is 1.98 bits per heavy atom. The number of aliphatic carboxylic acids is 1. The molecule has 0 aliphatic heterocycles. The largest absolute Gasteiger partial charge is 0.480 e. The van der Waals surface area contributed by atoms with Gasteiger partial charge in [-0.05, 0) is 64.2 Å². The zero-order chi connectivity index (χ0) is 39.4. The van der Waals surface area contributed by atoms with Gasteiger partial charge in [0, 0.05) is 12.8 Å². The Bertz CT molecular complexity index is 1150. The third-order valence-corrected chi connectivity index (χ3v) is 8.77. The first kappa shape index (κ1) is 50.1. The number of nitrogens with two attached hydrogens (primary N) is 1. The standard InChI is InChI=1S/C40H68NO11P/c1-3-5-7-9-11-12-13-14-19-23-27-31-39(44)52-36(33-50-53(47,48)51-34-37(41)40(45)46)32-49-38(43)30-26-22-18-16-15-17-21-25-29-35(42)28-24-20-10-8-6-4-2/h9,11,16-18,20-21,24-25,29,35-37,42H,3-8,10,12-15,19,22-23,26-28,30-34,41H2,1-2H3,(H,45,46)(H,47,48)/b11-9-,18-16-,21-17-,24-20-,29-25+/t35-,36-,37+/m1/s1. The Balaban J connectivity index is 4.60. The lowest BCUT2D eigenvalue weighted by atomic mass is 10.1. The lowest BCUT2D eigenvalue weighted by molar-refractivity contribution is -0.161. The third kappa shape index (κ3) is 34.6. The Kier molecular flexibility index (Phi) is 33.0. The van der Waals surface area contributed by atoms with Crippen molar-refractivity contribution >= 4 is 25.7 Å². The van der Waals surface area contributed by atoms with Gasteiger partial charge < -0.3 is 30.3 Å². The molecule has 0 aromatic rings. The fourth-order valence-electron chi connectivity index (χ4n) is 4.65. The number of esters is 2. The number of aliphatic hydroxyl groups is 1. The fourth-order valence-corrected chi connectivity index (χ4v) is 5.43. The minimum absolute atomic E-state index is 0.110. The zero-order valence-electron chi connectivity index (χ0n) is 32.2. The molecule has 0 saturated carbocycles. The molecular formula is C40H68NO11P. The quantitative estimate of drug-likeness (QED) is 0.0158. The maximum absolute atomic E-state index is 12.5. The molecule has 0 amide bonds. The first-order valence-electron chi connectivity index (χ1n) is 19.4. The smallest absolute Gasteiger partial charge is 0.472 e. The summed E-state index contributed by atoms with van der Waals surface area (Å²) in [5.41, 5.74) is 5.30. The molecule has 1 unspecified atom stereocenters. The fraction of sp³-hybridized carbons (Fsp3) is 0.675. The Morgan fingerprint density at radius 1 is 0.679 bits per heavy atom. The van der Waals surface area contributed by atoms with Gasteiger partial charge in [0.1, 0.15) is 12.6 Å². The predicted octanol–water partition coefficient (Wildman–Crippen LogP) is 8.58. The van der Waals surface area contributed by atoms with Gasteiger partial charge in [-0.2, -0.15) is 0 Å². The van der Waals surface area contributed by atoms with Crippen LogP contribution in [0.5, 0.6) is 0 Å². The van der Waals surface area contributed by atoms with Crippen molar-refractivity contribution in [2.24, 2.45) is 5.73 Å². The molecule has 0 heterocycles. The highest BCUT2D eigenvalue weighted by molar-refractivity contribution is 7.47. The maximum Gasteiger partial charge on any atom is 0.472 e. The molecule has 53 heavy (non-hydrogen) atoms. The van der Waals surface area contributed by atoms with Gasteiger partial charge in [-0.1, -0.05) is 120 Å². The average Bonchev–Trinajstić information content (AvgIpc) is 3.12. The number of ether oxygens (including phenoxy) is 2. The number of carbonyl (C=O) groups is 3. The summed E-state index contributed by atoms with van der Waals surface area (Å²) in [7, 11) is -4.74. The molecule has 0 fully saturated rings. The van der Waals surface area contributed by atoms with Crippen molar-refractivity contribution in [2.45, 2.75) is 154 Å². The van der Waals surface area contributed by atoms with Gasteiger partial charge in [0.05, 0.1) is 19.3 Å². The van der Waals surface area contributed by atoms with Crippen molar-refractivity contribution < 1.29 is 52.6 Å². The van der Waals surface area contributed by atoms with E-state index in [0.717, 1.165) is 44.9 Å². The molecule has 304 valence electrons. The molecule has 0 aromatic heterocycles. The molecule has 0 saturated heterocycles. The summed E-state index contributed by atoms with van der Waals surface area (Å²) in [6.07, 6.45) is 34.8. The summed E-state index contributed by atoms with van der Waals surface area (Å²) in [5, 5.41) is 18.9. The third-order valence-electron chi connectivity index (χ3n) is 7.82. The van der Waals surface area contributed by atoms with E-state index in [1.165, 1.54) is 32.1 Å². The lowest BCUT2D eigenvalue weighted by Gasteiger charge is -2.20. The van der Waals surface area contributed by atoms with E-state index in [1.807, 2.05) is 36.5 Å². The van der Waals surface area contributed by atoms with Gasteiger partial charge in [0.25, 0.3) is 0 Å². The Morgan fingerprint density at radius 2 is 1.26 bits per heavy atom. The number of unbranched alkanes of at least 4 members (excludes halogenated alkanes) is 11. The highest BCUT2D eigenvalue weighted by atomic mass is 31.2. The van der Waals surface area contributed by atoms with Crippen LogP contribution in [0.25, 0.3) is 0 Å². The Hall–Kier alpha value is -2.86. The van der Waals surface area contributed by atoms with Crippen LogP contribution in [0.15, 0.2) is 60.8 Å². The highest BCUT2D eigenvalue weighted by Crippen LogP contribution is 2.43. The van der Waals surface area contributed by atoms with E-state index in [4.69, 9.17) is 24.8 Å². The minimum atomic E-state index is -4.74. The molecule has 0 aliphatic carbocycles. The number of aliphatic hydroxyl groups excluding tert-OH is 1. The first-order valence-corrected chi connectivity index (χ1v) is 20.9. The molecule has 0 radical (unpaired) electrons. The molecule has 0 rings (SSSR count). The van der Waals surface area contributed by atoms with Crippen molar-refractivity contribution in [2.75, 3.05) is 19.8 Å². The topological polar surface area (TPSA) is 192 Å². The summed E-state index contributed by atoms with van der Waals surface area (Å²) < 4.78 is 32.4. The molecule has 0 aliphatic rings. The zero-order valence-corrected chi connectivity index (χ0v) is 33.1.